The third-order valence-electron chi connectivity index (χ3n) is 3.37. The molecule has 0 aliphatic carbocycles. The van der Waals surface area contributed by atoms with Crippen LogP contribution in [0.15, 0.2) is 40.2 Å². The van der Waals surface area contributed by atoms with Crippen molar-refractivity contribution in [2.45, 2.75) is 11.9 Å². The van der Waals surface area contributed by atoms with E-state index < -0.39 is 5.91 Å². The fourth-order valence-electron chi connectivity index (χ4n) is 2.45. The quantitative estimate of drug-likeness (QED) is 0.500. The largest absolute Gasteiger partial charge is 0.365 e. The van der Waals surface area contributed by atoms with Crippen LogP contribution in [0.2, 0.25) is 0 Å². The van der Waals surface area contributed by atoms with E-state index in [2.05, 4.69) is 9.97 Å². The van der Waals surface area contributed by atoms with Crippen molar-refractivity contribution in [2.75, 3.05) is 5.75 Å². The predicted molar refractivity (Wildman–Crippen MR) is 94.0 cm³/mol. The Morgan fingerprint density at radius 1 is 1.30 bits per heavy atom. The minimum atomic E-state index is -0.644. The molecule has 0 atom stereocenters. The Bertz CT molecular complexity index is 1000. The molecule has 0 bridgehead atoms. The van der Waals surface area contributed by atoms with Crippen molar-refractivity contribution in [3.8, 4) is 5.69 Å². The fourth-order valence-corrected chi connectivity index (χ4v) is 3.55. The van der Waals surface area contributed by atoms with Gasteiger partial charge in [0.25, 0.3) is 11.5 Å². The molecule has 0 radical (unpaired) electrons. The third kappa shape index (κ3) is 2.60. The average molecular weight is 346 g/mol. The zero-order chi connectivity index (χ0) is 16.6. The van der Waals surface area contributed by atoms with Gasteiger partial charge in [-0.25, -0.2) is 0 Å². The summed E-state index contributed by atoms with van der Waals surface area (Å²) in [5.74, 6) is 0.0928. The summed E-state index contributed by atoms with van der Waals surface area (Å²) >= 11 is 6.71. The number of carbonyl (C=O) groups excluding carboxylic acids is 1. The molecule has 23 heavy (non-hydrogen) atoms. The Morgan fingerprint density at radius 3 is 2.61 bits per heavy atom. The van der Waals surface area contributed by atoms with Gasteiger partial charge in [-0.15, -0.1) is 11.8 Å². The molecule has 118 valence electrons. The molecule has 8 heteroatoms. The molecule has 0 spiro atoms. The highest BCUT2D eigenvalue weighted by Crippen LogP contribution is 2.26. The second kappa shape index (κ2) is 6.05. The van der Waals surface area contributed by atoms with E-state index in [4.69, 9.17) is 18.0 Å². The summed E-state index contributed by atoms with van der Waals surface area (Å²) in [4.78, 5) is 30.8. The molecule has 0 aliphatic rings. The molecule has 2 aromatic heterocycles. The first-order valence-corrected chi connectivity index (χ1v) is 8.33. The lowest BCUT2D eigenvalue weighted by Crippen LogP contribution is -2.23. The van der Waals surface area contributed by atoms with Gasteiger partial charge in [0.1, 0.15) is 5.65 Å². The molecule has 0 fully saturated rings. The number of carbonyl (C=O) groups is 1. The number of amides is 1. The predicted octanol–water partition coefficient (Wildman–Crippen LogP) is 2.59. The summed E-state index contributed by atoms with van der Waals surface area (Å²) < 4.78 is 1.61. The van der Waals surface area contributed by atoms with E-state index in [1.807, 2.05) is 25.1 Å². The van der Waals surface area contributed by atoms with Crippen molar-refractivity contribution in [1.29, 1.82) is 0 Å². The van der Waals surface area contributed by atoms with Crippen LogP contribution in [0.5, 0.6) is 0 Å². The van der Waals surface area contributed by atoms with Gasteiger partial charge in [0.15, 0.2) is 4.77 Å². The fraction of sp³-hybridized carbons (Fsp3) is 0.133. The Kier molecular flexibility index (Phi) is 4.10. The van der Waals surface area contributed by atoms with Crippen molar-refractivity contribution in [2.24, 2.45) is 5.73 Å². The number of aromatic amines is 2. The molecule has 0 saturated heterocycles. The van der Waals surface area contributed by atoms with Crippen LogP contribution in [0.25, 0.3) is 16.7 Å². The van der Waals surface area contributed by atoms with Crippen LogP contribution in [-0.2, 0) is 0 Å². The van der Waals surface area contributed by atoms with Gasteiger partial charge >= 0.3 is 0 Å². The molecule has 0 aliphatic heterocycles. The van der Waals surface area contributed by atoms with E-state index in [-0.39, 0.29) is 21.3 Å². The Hall–Kier alpha value is -2.32. The number of hydrogen-bond donors (Lipinski definition) is 3. The number of primary amides is 1. The SMILES string of the molecule is CCSc1[nH]c2[nH]c(=S)n(-c3ccccc3)c(=O)c2c1C(N)=O. The average Bonchev–Trinajstić information content (AvgIpc) is 2.87. The van der Waals surface area contributed by atoms with E-state index in [9.17, 15) is 9.59 Å². The van der Waals surface area contributed by atoms with Crippen LogP contribution in [0.3, 0.4) is 0 Å². The molecule has 2 heterocycles. The topological polar surface area (TPSA) is 96.7 Å². The number of nitrogens with two attached hydrogens (primary N) is 1. The van der Waals surface area contributed by atoms with E-state index in [0.29, 0.717) is 16.4 Å². The van der Waals surface area contributed by atoms with Gasteiger partial charge < -0.3 is 15.7 Å². The number of hydrogen-bond acceptors (Lipinski definition) is 4. The van der Waals surface area contributed by atoms with E-state index in [0.717, 1.165) is 5.75 Å². The highest BCUT2D eigenvalue weighted by Gasteiger charge is 2.21. The lowest BCUT2D eigenvalue weighted by atomic mass is 10.2. The van der Waals surface area contributed by atoms with Gasteiger partial charge in [-0.3, -0.25) is 14.2 Å². The highest BCUT2D eigenvalue weighted by molar-refractivity contribution is 7.99. The summed E-state index contributed by atoms with van der Waals surface area (Å²) in [7, 11) is 0. The molecule has 3 rings (SSSR count). The first-order valence-electron chi connectivity index (χ1n) is 6.93. The standard InChI is InChI=1S/C15H14N4O2S2/c1-2-23-13-9(11(16)20)10-12(17-13)18-15(22)19(14(10)21)8-6-4-3-5-7-8/h3-7,17H,2H2,1H3,(H2,16,20)(H,18,22). The Morgan fingerprint density at radius 2 is 2.00 bits per heavy atom. The first-order chi connectivity index (χ1) is 11.0. The lowest BCUT2D eigenvalue weighted by molar-refractivity contribution is 0.0999. The molecular weight excluding hydrogens is 332 g/mol. The minimum Gasteiger partial charge on any atom is -0.365 e. The maximum Gasteiger partial charge on any atom is 0.269 e. The van der Waals surface area contributed by atoms with Crippen molar-refractivity contribution in [1.82, 2.24) is 14.5 Å². The normalized spacial score (nSPS) is 11.0. The molecule has 1 aromatic carbocycles. The van der Waals surface area contributed by atoms with Crippen LogP contribution in [0.4, 0.5) is 0 Å². The molecule has 0 saturated carbocycles. The van der Waals surface area contributed by atoms with E-state index in [1.165, 1.54) is 16.3 Å². The van der Waals surface area contributed by atoms with Gasteiger partial charge in [0.2, 0.25) is 0 Å². The minimum absolute atomic E-state index is 0.202. The van der Waals surface area contributed by atoms with Crippen LogP contribution < -0.4 is 11.3 Å². The third-order valence-corrected chi connectivity index (χ3v) is 4.54. The van der Waals surface area contributed by atoms with Gasteiger partial charge in [0.05, 0.1) is 21.7 Å². The van der Waals surface area contributed by atoms with E-state index >= 15 is 0 Å². The summed E-state index contributed by atoms with van der Waals surface area (Å²) in [6, 6.07) is 9.02. The highest BCUT2D eigenvalue weighted by atomic mass is 32.2. The number of nitrogens with zero attached hydrogens (tertiary/aromatic N) is 1. The number of nitrogens with one attached hydrogen (secondary N) is 2. The van der Waals surface area contributed by atoms with Crippen molar-refractivity contribution < 1.29 is 4.79 Å². The van der Waals surface area contributed by atoms with Crippen LogP contribution >= 0.6 is 24.0 Å². The summed E-state index contributed by atoms with van der Waals surface area (Å²) in [6.45, 7) is 1.95. The summed E-state index contributed by atoms with van der Waals surface area (Å²) in [6.07, 6.45) is 0. The maximum absolute atomic E-state index is 12.9. The second-order valence-corrected chi connectivity index (χ2v) is 6.44. The van der Waals surface area contributed by atoms with Crippen molar-refractivity contribution in [3.63, 3.8) is 0 Å². The smallest absolute Gasteiger partial charge is 0.269 e. The Labute approximate surface area is 140 Å². The number of para-hydroxylation sites is 1. The zero-order valence-electron chi connectivity index (χ0n) is 12.3. The molecule has 3 aromatic rings. The van der Waals surface area contributed by atoms with Gasteiger partial charge in [0, 0.05) is 0 Å². The monoisotopic (exact) mass is 346 g/mol. The van der Waals surface area contributed by atoms with Crippen LogP contribution in [0.1, 0.15) is 17.3 Å². The number of benzene rings is 1. The molecule has 0 unspecified atom stereocenters. The van der Waals surface area contributed by atoms with Crippen LogP contribution in [0, 0.1) is 4.77 Å². The molecule has 4 N–H and O–H groups in total. The number of thioether (sulfide) groups is 1. The molecule has 1 amide bonds. The van der Waals surface area contributed by atoms with Gasteiger partial charge in [-0.2, -0.15) is 0 Å². The van der Waals surface area contributed by atoms with Crippen molar-refractivity contribution >= 4 is 40.9 Å². The number of H-pyrrole nitrogens is 2. The maximum atomic E-state index is 12.9. The van der Waals surface area contributed by atoms with E-state index in [1.54, 1.807) is 12.1 Å². The molecular formula is C15H14N4O2S2. The molecule has 6 nitrogen and oxygen atoms in total. The number of rotatable bonds is 4. The summed E-state index contributed by atoms with van der Waals surface area (Å²) in [5, 5.41) is 0.800. The number of fused-ring (bicyclic) bond motifs is 1. The zero-order valence-corrected chi connectivity index (χ0v) is 13.9. The summed E-state index contributed by atoms with van der Waals surface area (Å²) in [5.41, 5.74) is 6.36. The first kappa shape index (κ1) is 15.6. The van der Waals surface area contributed by atoms with Crippen molar-refractivity contribution in [3.05, 3.63) is 51.0 Å². The Balaban J connectivity index is 2.43. The van der Waals surface area contributed by atoms with Gasteiger partial charge in [-0.1, -0.05) is 25.1 Å². The lowest BCUT2D eigenvalue weighted by Gasteiger charge is -2.06. The van der Waals surface area contributed by atoms with Gasteiger partial charge in [-0.05, 0) is 30.1 Å². The second-order valence-electron chi connectivity index (χ2n) is 4.78. The van der Waals surface area contributed by atoms with Crippen LogP contribution in [-0.4, -0.2) is 26.2 Å². The number of aromatic nitrogens is 3.